The first kappa shape index (κ1) is 22.1. The highest BCUT2D eigenvalue weighted by molar-refractivity contribution is 6.05. The molecule has 2 aromatic rings. The van der Waals surface area contributed by atoms with Crippen LogP contribution < -0.4 is 15.8 Å². The highest BCUT2D eigenvalue weighted by atomic mass is 19.4. The van der Waals surface area contributed by atoms with Crippen LogP contribution in [0.5, 0.6) is 5.75 Å². The number of amides is 2. The molecule has 0 aliphatic rings. The fourth-order valence-corrected chi connectivity index (χ4v) is 2.53. The van der Waals surface area contributed by atoms with Crippen LogP contribution >= 0.6 is 0 Å². The number of hydrogen-bond donors (Lipinski definition) is 2. The number of nitrogens with one attached hydrogen (secondary N) is 1. The minimum absolute atomic E-state index is 0.00959. The molecular weight excluding hydrogens is 399 g/mol. The van der Waals surface area contributed by atoms with E-state index in [1.807, 2.05) is 0 Å². The largest absolute Gasteiger partial charge is 0.416 e. The fourth-order valence-electron chi connectivity index (χ4n) is 2.53. The first-order valence-electron chi connectivity index (χ1n) is 8.20. The van der Waals surface area contributed by atoms with Crippen molar-refractivity contribution in [3.8, 4) is 5.75 Å². The van der Waals surface area contributed by atoms with Gasteiger partial charge < -0.3 is 15.8 Å². The van der Waals surface area contributed by atoms with Crippen LogP contribution in [0.1, 0.15) is 42.3 Å². The third-order valence-electron chi connectivity index (χ3n) is 3.88. The maximum atomic E-state index is 14.9. The fraction of sp³-hybridized carbons (Fsp3) is 0.263. The number of benzene rings is 2. The summed E-state index contributed by atoms with van der Waals surface area (Å²) in [5, 5.41) is 2.14. The Bertz CT molecular complexity index is 966. The predicted molar refractivity (Wildman–Crippen MR) is 94.7 cm³/mol. The van der Waals surface area contributed by atoms with Gasteiger partial charge in [-0.1, -0.05) is 26.8 Å². The average Bonchev–Trinajstić information content (AvgIpc) is 2.59. The topological polar surface area (TPSA) is 81.4 Å². The Balaban J connectivity index is 2.56. The number of ether oxygens (including phenoxy) is 1. The van der Waals surface area contributed by atoms with E-state index in [1.54, 1.807) is 20.8 Å². The lowest BCUT2D eigenvalue weighted by molar-refractivity contribution is -0.137. The van der Waals surface area contributed by atoms with Crippen LogP contribution in [-0.2, 0) is 11.6 Å². The summed E-state index contributed by atoms with van der Waals surface area (Å²) in [5.74, 6) is -4.86. The zero-order chi connectivity index (χ0) is 22.1. The molecule has 2 aromatic carbocycles. The van der Waals surface area contributed by atoms with Gasteiger partial charge >= 0.3 is 12.3 Å². The molecule has 0 aromatic heterocycles. The molecule has 156 valence electrons. The summed E-state index contributed by atoms with van der Waals surface area (Å²) in [5.41, 5.74) is 1.89. The molecule has 0 atom stereocenters. The van der Waals surface area contributed by atoms with Crippen molar-refractivity contribution in [1.29, 1.82) is 0 Å². The first-order valence-corrected chi connectivity index (χ1v) is 8.20. The number of anilines is 1. The van der Waals surface area contributed by atoms with Gasteiger partial charge in [0.1, 0.15) is 0 Å². The second-order valence-electron chi connectivity index (χ2n) is 7.13. The molecule has 2 amide bonds. The van der Waals surface area contributed by atoms with Gasteiger partial charge in [0.25, 0.3) is 5.91 Å². The van der Waals surface area contributed by atoms with E-state index in [-0.39, 0.29) is 5.56 Å². The van der Waals surface area contributed by atoms with E-state index in [0.717, 1.165) is 24.3 Å². The van der Waals surface area contributed by atoms with Gasteiger partial charge in [0.15, 0.2) is 11.6 Å². The van der Waals surface area contributed by atoms with Crippen molar-refractivity contribution in [2.75, 3.05) is 5.32 Å². The molecule has 3 N–H and O–H groups in total. The van der Waals surface area contributed by atoms with Crippen LogP contribution in [0.2, 0.25) is 0 Å². The Labute approximate surface area is 162 Å². The molecule has 0 spiro atoms. The summed E-state index contributed by atoms with van der Waals surface area (Å²) < 4.78 is 72.0. The van der Waals surface area contributed by atoms with Crippen LogP contribution in [0.3, 0.4) is 0 Å². The summed E-state index contributed by atoms with van der Waals surface area (Å²) in [7, 11) is 0. The van der Waals surface area contributed by atoms with E-state index >= 15 is 0 Å². The maximum Gasteiger partial charge on any atom is 0.416 e. The monoisotopic (exact) mass is 416 g/mol. The highest BCUT2D eigenvalue weighted by Gasteiger charge is 2.32. The standard InChI is InChI=1S/C19H17F5N2O3/c1-18(2,3)11-8-12(20)15(29-17(25)28)13(21)14(11)26-16(27)9-5-4-6-10(7-9)19(22,23)24/h4-8H,1-3H3,(H2,25,28)(H,26,27). The normalized spacial score (nSPS) is 11.9. The van der Waals surface area contributed by atoms with E-state index in [1.165, 1.54) is 0 Å². The quantitative estimate of drug-likeness (QED) is 0.692. The number of nitrogens with two attached hydrogens (primary N) is 1. The Hall–Kier alpha value is -3.17. The van der Waals surface area contributed by atoms with Crippen molar-refractivity contribution >= 4 is 17.7 Å². The SMILES string of the molecule is CC(C)(C)c1cc(F)c(OC(N)=O)c(F)c1NC(=O)c1cccc(C(F)(F)F)c1. The van der Waals surface area contributed by atoms with E-state index in [4.69, 9.17) is 5.73 Å². The Morgan fingerprint density at radius 1 is 1.07 bits per heavy atom. The van der Waals surface area contributed by atoms with E-state index in [0.29, 0.717) is 6.07 Å². The Kier molecular flexibility index (Phi) is 5.86. The molecule has 5 nitrogen and oxygen atoms in total. The van der Waals surface area contributed by atoms with Gasteiger partial charge in [-0.15, -0.1) is 0 Å². The molecule has 0 bridgehead atoms. The zero-order valence-electron chi connectivity index (χ0n) is 15.6. The maximum absolute atomic E-state index is 14.9. The number of alkyl halides is 3. The lowest BCUT2D eigenvalue weighted by Crippen LogP contribution is -2.23. The smallest absolute Gasteiger partial charge is 0.404 e. The predicted octanol–water partition coefficient (Wildman–Crippen LogP) is 4.99. The van der Waals surface area contributed by atoms with Gasteiger partial charge in [-0.2, -0.15) is 13.2 Å². The molecule has 29 heavy (non-hydrogen) atoms. The first-order chi connectivity index (χ1) is 13.2. The van der Waals surface area contributed by atoms with Crippen LogP contribution in [0.25, 0.3) is 0 Å². The molecule has 10 heteroatoms. The Morgan fingerprint density at radius 3 is 2.21 bits per heavy atom. The van der Waals surface area contributed by atoms with Gasteiger partial charge in [-0.3, -0.25) is 4.79 Å². The molecule has 0 saturated heterocycles. The Morgan fingerprint density at radius 2 is 1.69 bits per heavy atom. The van der Waals surface area contributed by atoms with Crippen molar-refractivity contribution in [2.45, 2.75) is 32.4 Å². The van der Waals surface area contributed by atoms with Gasteiger partial charge in [0.05, 0.1) is 11.3 Å². The van der Waals surface area contributed by atoms with Gasteiger partial charge in [-0.25, -0.2) is 13.6 Å². The molecule has 0 heterocycles. The summed E-state index contributed by atoms with van der Waals surface area (Å²) >= 11 is 0. The molecule has 0 radical (unpaired) electrons. The molecular formula is C19H17F5N2O3. The van der Waals surface area contributed by atoms with E-state index in [9.17, 15) is 31.5 Å². The number of halogens is 5. The molecule has 0 saturated carbocycles. The highest BCUT2D eigenvalue weighted by Crippen LogP contribution is 2.38. The minimum Gasteiger partial charge on any atom is -0.404 e. The summed E-state index contributed by atoms with van der Waals surface area (Å²) in [6, 6.07) is 4.33. The average molecular weight is 416 g/mol. The van der Waals surface area contributed by atoms with Crippen molar-refractivity contribution in [2.24, 2.45) is 5.73 Å². The molecule has 0 aliphatic carbocycles. The van der Waals surface area contributed by atoms with E-state index < -0.39 is 57.8 Å². The number of carbonyl (C=O) groups is 2. The van der Waals surface area contributed by atoms with Gasteiger partial charge in [0.2, 0.25) is 5.75 Å². The van der Waals surface area contributed by atoms with Gasteiger partial charge in [-0.05, 0) is 35.2 Å². The van der Waals surface area contributed by atoms with Crippen LogP contribution in [0.15, 0.2) is 30.3 Å². The summed E-state index contributed by atoms with van der Waals surface area (Å²) in [6.45, 7) is 4.78. The minimum atomic E-state index is -4.68. The number of carbonyl (C=O) groups excluding carboxylic acids is 2. The number of rotatable bonds is 3. The van der Waals surface area contributed by atoms with Gasteiger partial charge in [0, 0.05) is 5.56 Å². The molecule has 0 unspecified atom stereocenters. The second kappa shape index (κ2) is 7.69. The summed E-state index contributed by atoms with van der Waals surface area (Å²) in [4.78, 5) is 23.4. The lowest BCUT2D eigenvalue weighted by Gasteiger charge is -2.24. The third kappa shape index (κ3) is 5.01. The van der Waals surface area contributed by atoms with Crippen LogP contribution in [0, 0.1) is 11.6 Å². The van der Waals surface area contributed by atoms with Crippen molar-refractivity contribution in [3.05, 3.63) is 58.7 Å². The third-order valence-corrected chi connectivity index (χ3v) is 3.88. The molecule has 2 rings (SSSR count). The zero-order valence-corrected chi connectivity index (χ0v) is 15.6. The van der Waals surface area contributed by atoms with Crippen molar-refractivity contribution in [3.63, 3.8) is 0 Å². The van der Waals surface area contributed by atoms with Crippen molar-refractivity contribution in [1.82, 2.24) is 0 Å². The number of primary amides is 1. The summed E-state index contributed by atoms with van der Waals surface area (Å²) in [6.07, 6.45) is -6.17. The van der Waals surface area contributed by atoms with Crippen LogP contribution in [-0.4, -0.2) is 12.0 Å². The van der Waals surface area contributed by atoms with Crippen molar-refractivity contribution < 1.29 is 36.3 Å². The molecule has 0 aliphatic heterocycles. The lowest BCUT2D eigenvalue weighted by atomic mass is 9.85. The second-order valence-corrected chi connectivity index (χ2v) is 7.13. The number of hydrogen-bond acceptors (Lipinski definition) is 3. The van der Waals surface area contributed by atoms with Crippen LogP contribution in [0.4, 0.5) is 32.4 Å². The molecule has 0 fully saturated rings. The van der Waals surface area contributed by atoms with E-state index in [2.05, 4.69) is 10.1 Å².